The Morgan fingerprint density at radius 2 is 2.00 bits per heavy atom. The number of aliphatic hydroxyl groups is 1. The number of rotatable bonds is 6. The predicted molar refractivity (Wildman–Crippen MR) is 54.0 cm³/mol. The Morgan fingerprint density at radius 3 is 2.43 bits per heavy atom. The monoisotopic (exact) mass is 222 g/mol. The molecule has 0 atom stereocenters. The molecule has 0 spiro atoms. The van der Waals surface area contributed by atoms with Crippen molar-refractivity contribution in [3.8, 4) is 0 Å². The molecule has 0 aromatic carbocycles. The van der Waals surface area contributed by atoms with E-state index in [0.717, 1.165) is 12.8 Å². The third-order valence-electron chi connectivity index (χ3n) is 2.05. The van der Waals surface area contributed by atoms with Crippen molar-refractivity contribution in [2.75, 3.05) is 6.61 Å². The molecule has 0 aliphatic heterocycles. The summed E-state index contributed by atoms with van der Waals surface area (Å²) in [7, 11) is -3.41. The molecule has 0 radical (unpaired) electrons. The summed E-state index contributed by atoms with van der Waals surface area (Å²) in [5, 5.41) is 8.74. The van der Waals surface area contributed by atoms with Gasteiger partial charge in [-0.1, -0.05) is 0 Å². The van der Waals surface area contributed by atoms with Crippen molar-refractivity contribution in [3.63, 3.8) is 0 Å². The minimum Gasteiger partial charge on any atom is -0.396 e. The van der Waals surface area contributed by atoms with Gasteiger partial charge in [-0.25, -0.2) is 0 Å². The van der Waals surface area contributed by atoms with Crippen LogP contribution in [0.5, 0.6) is 0 Å². The summed E-state index contributed by atoms with van der Waals surface area (Å²) in [5.41, 5.74) is -0.602. The van der Waals surface area contributed by atoms with Crippen LogP contribution in [0.4, 0.5) is 0 Å². The van der Waals surface area contributed by atoms with E-state index in [1.54, 1.807) is 13.8 Å². The van der Waals surface area contributed by atoms with Crippen LogP contribution in [0.1, 0.15) is 33.1 Å². The third kappa shape index (κ3) is 4.36. The zero-order chi connectivity index (χ0) is 10.8. The molecular weight excluding hydrogens is 204 g/mol. The van der Waals surface area contributed by atoms with E-state index in [1.807, 2.05) is 0 Å². The van der Waals surface area contributed by atoms with Gasteiger partial charge in [0.05, 0.1) is 0 Å². The first-order chi connectivity index (χ1) is 6.35. The van der Waals surface area contributed by atoms with Gasteiger partial charge in [0, 0.05) is 18.2 Å². The van der Waals surface area contributed by atoms with Crippen molar-refractivity contribution in [2.45, 2.75) is 44.7 Å². The van der Waals surface area contributed by atoms with Gasteiger partial charge in [-0.3, -0.25) is 0 Å². The summed E-state index contributed by atoms with van der Waals surface area (Å²) in [6, 6.07) is 0.109. The van der Waals surface area contributed by atoms with Crippen molar-refractivity contribution >= 4 is 10.2 Å². The van der Waals surface area contributed by atoms with Gasteiger partial charge in [-0.2, -0.15) is 17.9 Å². The zero-order valence-corrected chi connectivity index (χ0v) is 9.39. The second kappa shape index (κ2) is 4.14. The van der Waals surface area contributed by atoms with Crippen LogP contribution in [0.15, 0.2) is 0 Å². The van der Waals surface area contributed by atoms with E-state index < -0.39 is 15.7 Å². The van der Waals surface area contributed by atoms with E-state index in [0.29, 0.717) is 6.42 Å². The van der Waals surface area contributed by atoms with Gasteiger partial charge in [0.15, 0.2) is 0 Å². The maximum absolute atomic E-state index is 11.5. The lowest BCUT2D eigenvalue weighted by molar-refractivity contribution is 0.245. The maximum Gasteiger partial charge on any atom is 0.277 e. The van der Waals surface area contributed by atoms with Gasteiger partial charge in [0.2, 0.25) is 0 Å². The minimum atomic E-state index is -3.41. The number of nitrogens with one attached hydrogen (secondary N) is 2. The lowest BCUT2D eigenvalue weighted by atomic mass is 10.0. The molecule has 14 heavy (non-hydrogen) atoms. The summed E-state index contributed by atoms with van der Waals surface area (Å²) in [4.78, 5) is 0. The topological polar surface area (TPSA) is 78.4 Å². The molecule has 6 heteroatoms. The van der Waals surface area contributed by atoms with Crippen LogP contribution in [0.25, 0.3) is 0 Å². The average Bonchev–Trinajstić information content (AvgIpc) is 2.66. The van der Waals surface area contributed by atoms with Crippen LogP contribution >= 0.6 is 0 Å². The first-order valence-corrected chi connectivity index (χ1v) is 6.25. The van der Waals surface area contributed by atoms with Crippen molar-refractivity contribution < 1.29 is 13.5 Å². The largest absolute Gasteiger partial charge is 0.396 e. The lowest BCUT2D eigenvalue weighted by Gasteiger charge is -2.24. The molecule has 0 aromatic heterocycles. The molecule has 1 saturated carbocycles. The quantitative estimate of drug-likeness (QED) is 0.579. The van der Waals surface area contributed by atoms with E-state index in [4.69, 9.17) is 5.11 Å². The average molecular weight is 222 g/mol. The molecule has 1 aliphatic rings. The molecular formula is C8H18N2O3S. The minimum absolute atomic E-state index is 0.0288. The standard InChI is InChI=1S/C8H18N2O3S/c1-8(2,5-6-11)10-14(12,13)9-7-3-4-7/h7,9-11H,3-6H2,1-2H3. The van der Waals surface area contributed by atoms with Crippen LogP contribution in [-0.2, 0) is 10.2 Å². The smallest absolute Gasteiger partial charge is 0.277 e. The Balaban J connectivity index is 2.47. The van der Waals surface area contributed by atoms with Gasteiger partial charge < -0.3 is 5.11 Å². The van der Waals surface area contributed by atoms with Crippen LogP contribution in [0.3, 0.4) is 0 Å². The second-order valence-corrected chi connectivity index (χ2v) is 5.80. The maximum atomic E-state index is 11.5. The highest BCUT2D eigenvalue weighted by molar-refractivity contribution is 7.87. The Morgan fingerprint density at radius 1 is 1.43 bits per heavy atom. The molecule has 0 amide bonds. The first kappa shape index (κ1) is 11.9. The highest BCUT2D eigenvalue weighted by Gasteiger charge is 2.30. The number of aliphatic hydroxyl groups excluding tert-OH is 1. The van der Waals surface area contributed by atoms with Gasteiger partial charge >= 0.3 is 0 Å². The Hall–Kier alpha value is -0.170. The Bertz CT molecular complexity index is 283. The van der Waals surface area contributed by atoms with Crippen LogP contribution in [0, 0.1) is 0 Å². The fourth-order valence-electron chi connectivity index (χ4n) is 1.14. The molecule has 1 aliphatic carbocycles. The Kier molecular flexibility index (Phi) is 3.52. The molecule has 0 saturated heterocycles. The van der Waals surface area contributed by atoms with Crippen molar-refractivity contribution in [1.82, 2.24) is 9.44 Å². The second-order valence-electron chi connectivity index (χ2n) is 4.36. The molecule has 0 bridgehead atoms. The van der Waals surface area contributed by atoms with Gasteiger partial charge in [-0.15, -0.1) is 0 Å². The van der Waals surface area contributed by atoms with E-state index >= 15 is 0 Å². The molecule has 3 N–H and O–H groups in total. The van der Waals surface area contributed by atoms with Crippen LogP contribution in [0.2, 0.25) is 0 Å². The number of hydrogen-bond acceptors (Lipinski definition) is 3. The SMILES string of the molecule is CC(C)(CCO)NS(=O)(=O)NC1CC1. The third-order valence-corrected chi connectivity index (χ3v) is 3.51. The van der Waals surface area contributed by atoms with E-state index in [-0.39, 0.29) is 12.6 Å². The highest BCUT2D eigenvalue weighted by Crippen LogP contribution is 2.20. The van der Waals surface area contributed by atoms with Crippen LogP contribution in [-0.4, -0.2) is 31.7 Å². The normalized spacial score (nSPS) is 18.5. The zero-order valence-electron chi connectivity index (χ0n) is 8.58. The molecule has 0 aromatic rings. The molecule has 0 heterocycles. The van der Waals surface area contributed by atoms with Gasteiger partial charge in [-0.05, 0) is 33.1 Å². The fourth-order valence-corrected chi connectivity index (χ4v) is 2.71. The molecule has 5 nitrogen and oxygen atoms in total. The van der Waals surface area contributed by atoms with E-state index in [1.165, 1.54) is 0 Å². The van der Waals surface area contributed by atoms with Gasteiger partial charge in [0.1, 0.15) is 0 Å². The Labute approximate surface area is 85.1 Å². The van der Waals surface area contributed by atoms with Crippen molar-refractivity contribution in [1.29, 1.82) is 0 Å². The lowest BCUT2D eigenvalue weighted by Crippen LogP contribution is -2.49. The summed E-state index contributed by atoms with van der Waals surface area (Å²) < 4.78 is 28.0. The fraction of sp³-hybridized carbons (Fsp3) is 1.00. The first-order valence-electron chi connectivity index (χ1n) is 4.77. The van der Waals surface area contributed by atoms with Gasteiger partial charge in [0.25, 0.3) is 10.2 Å². The number of hydrogen-bond donors (Lipinski definition) is 3. The van der Waals surface area contributed by atoms with Crippen LogP contribution < -0.4 is 9.44 Å². The molecule has 1 fully saturated rings. The van der Waals surface area contributed by atoms with Crippen molar-refractivity contribution in [3.05, 3.63) is 0 Å². The highest BCUT2D eigenvalue weighted by atomic mass is 32.2. The van der Waals surface area contributed by atoms with E-state index in [9.17, 15) is 8.42 Å². The molecule has 84 valence electrons. The summed E-state index contributed by atoms with van der Waals surface area (Å²) in [5.74, 6) is 0. The van der Waals surface area contributed by atoms with E-state index in [2.05, 4.69) is 9.44 Å². The molecule has 1 rings (SSSR count). The predicted octanol–water partition coefficient (Wildman–Crippen LogP) is -0.266. The summed E-state index contributed by atoms with van der Waals surface area (Å²) in [6.45, 7) is 3.46. The summed E-state index contributed by atoms with van der Waals surface area (Å²) >= 11 is 0. The summed E-state index contributed by atoms with van der Waals surface area (Å²) in [6.07, 6.45) is 2.24. The molecule has 0 unspecified atom stereocenters. The van der Waals surface area contributed by atoms with Crippen molar-refractivity contribution in [2.24, 2.45) is 0 Å².